The first kappa shape index (κ1) is 11.9. The normalized spacial score (nSPS) is 11.9. The molecule has 0 spiro atoms. The molecule has 1 N–H and O–H groups in total. The van der Waals surface area contributed by atoms with Gasteiger partial charge in [0.1, 0.15) is 6.04 Å². The molecule has 0 fully saturated rings. The Hall–Kier alpha value is -1.22. The molecule has 0 bridgehead atoms. The number of hydrogen-bond donors (Lipinski definition) is 1. The van der Waals surface area contributed by atoms with Gasteiger partial charge in [-0.25, -0.2) is 4.79 Å². The Bertz CT molecular complexity index is 324. The van der Waals surface area contributed by atoms with Crippen molar-refractivity contribution < 1.29 is 9.53 Å². The zero-order valence-corrected chi connectivity index (χ0v) is 9.54. The topological polar surface area (TPSA) is 38.3 Å². The summed E-state index contributed by atoms with van der Waals surface area (Å²) >= 11 is 5.74. The minimum absolute atomic E-state index is 0.257. The largest absolute Gasteiger partial charge is 0.464 e. The second-order valence-corrected chi connectivity index (χ2v) is 3.56. The molecule has 0 aliphatic heterocycles. The Morgan fingerprint density at radius 1 is 1.47 bits per heavy atom. The molecule has 0 heterocycles. The van der Waals surface area contributed by atoms with Gasteiger partial charge in [-0.15, -0.1) is 0 Å². The quantitative estimate of drug-likeness (QED) is 0.804. The number of ether oxygens (including phenoxy) is 1. The lowest BCUT2D eigenvalue weighted by Gasteiger charge is -2.13. The van der Waals surface area contributed by atoms with Crippen LogP contribution >= 0.6 is 11.6 Å². The van der Waals surface area contributed by atoms with E-state index < -0.39 is 0 Å². The van der Waals surface area contributed by atoms with Crippen molar-refractivity contribution >= 4 is 23.3 Å². The van der Waals surface area contributed by atoms with Crippen LogP contribution in [0.4, 0.5) is 5.69 Å². The molecule has 15 heavy (non-hydrogen) atoms. The molecule has 1 rings (SSSR count). The van der Waals surface area contributed by atoms with Gasteiger partial charge in [-0.1, -0.05) is 11.6 Å². The lowest BCUT2D eigenvalue weighted by molar-refractivity contribution is -0.143. The van der Waals surface area contributed by atoms with E-state index >= 15 is 0 Å². The number of rotatable bonds is 4. The summed E-state index contributed by atoms with van der Waals surface area (Å²) in [4.78, 5) is 11.3. The van der Waals surface area contributed by atoms with Crippen molar-refractivity contribution in [2.45, 2.75) is 19.9 Å². The molecule has 0 unspecified atom stereocenters. The van der Waals surface area contributed by atoms with Crippen LogP contribution in [-0.2, 0) is 9.53 Å². The number of carbonyl (C=O) groups is 1. The first-order valence-electron chi connectivity index (χ1n) is 4.82. The lowest BCUT2D eigenvalue weighted by atomic mass is 10.2. The number of anilines is 1. The van der Waals surface area contributed by atoms with Crippen LogP contribution in [0.5, 0.6) is 0 Å². The summed E-state index contributed by atoms with van der Waals surface area (Å²) in [5, 5.41) is 3.69. The van der Waals surface area contributed by atoms with Gasteiger partial charge >= 0.3 is 5.97 Å². The first-order valence-corrected chi connectivity index (χ1v) is 5.20. The lowest BCUT2D eigenvalue weighted by Crippen LogP contribution is -2.28. The van der Waals surface area contributed by atoms with E-state index in [1.165, 1.54) is 0 Å². The molecule has 1 aromatic rings. The number of halogens is 1. The summed E-state index contributed by atoms with van der Waals surface area (Å²) < 4.78 is 4.87. The van der Waals surface area contributed by atoms with Crippen LogP contribution in [0.2, 0.25) is 5.02 Å². The molecule has 0 amide bonds. The molecule has 0 radical (unpaired) electrons. The number of nitrogens with one attached hydrogen (secondary N) is 1. The highest BCUT2D eigenvalue weighted by Crippen LogP contribution is 2.14. The predicted octanol–water partition coefficient (Wildman–Crippen LogP) is 2.70. The van der Waals surface area contributed by atoms with Gasteiger partial charge in [0.2, 0.25) is 0 Å². The molecule has 0 saturated heterocycles. The van der Waals surface area contributed by atoms with Gasteiger partial charge in [-0.05, 0) is 38.1 Å². The van der Waals surface area contributed by atoms with Gasteiger partial charge in [-0.2, -0.15) is 0 Å². The smallest absolute Gasteiger partial charge is 0.328 e. The van der Waals surface area contributed by atoms with E-state index in [-0.39, 0.29) is 12.0 Å². The molecule has 1 aromatic carbocycles. The molecule has 0 saturated carbocycles. The molecule has 0 aliphatic rings. The van der Waals surface area contributed by atoms with E-state index in [2.05, 4.69) is 5.32 Å². The fourth-order valence-electron chi connectivity index (χ4n) is 1.12. The van der Waals surface area contributed by atoms with Crippen molar-refractivity contribution in [2.24, 2.45) is 0 Å². The number of benzene rings is 1. The molecular weight excluding hydrogens is 214 g/mol. The van der Waals surface area contributed by atoms with Crippen molar-refractivity contribution in [2.75, 3.05) is 11.9 Å². The van der Waals surface area contributed by atoms with Crippen LogP contribution in [0.25, 0.3) is 0 Å². The average molecular weight is 228 g/mol. The average Bonchev–Trinajstić information content (AvgIpc) is 2.22. The summed E-state index contributed by atoms with van der Waals surface area (Å²) in [5.41, 5.74) is 0.847. The van der Waals surface area contributed by atoms with Crippen LogP contribution in [0.15, 0.2) is 24.3 Å². The molecule has 1 atom stereocenters. The van der Waals surface area contributed by atoms with Crippen molar-refractivity contribution in [3.63, 3.8) is 0 Å². The Kier molecular flexibility index (Phi) is 4.43. The zero-order chi connectivity index (χ0) is 11.3. The van der Waals surface area contributed by atoms with Crippen molar-refractivity contribution in [1.82, 2.24) is 0 Å². The summed E-state index contributed by atoms with van der Waals surface area (Å²) in [6, 6.07) is 6.81. The summed E-state index contributed by atoms with van der Waals surface area (Å²) in [6.07, 6.45) is 0. The predicted molar refractivity (Wildman–Crippen MR) is 61.2 cm³/mol. The van der Waals surface area contributed by atoms with Crippen LogP contribution in [-0.4, -0.2) is 18.6 Å². The van der Waals surface area contributed by atoms with E-state index in [9.17, 15) is 4.79 Å². The first-order chi connectivity index (χ1) is 7.13. The van der Waals surface area contributed by atoms with Crippen LogP contribution in [0, 0.1) is 0 Å². The Labute approximate surface area is 94.4 Å². The molecular formula is C11H14ClNO2. The molecule has 82 valence electrons. The fraction of sp³-hybridized carbons (Fsp3) is 0.364. The van der Waals surface area contributed by atoms with E-state index in [0.29, 0.717) is 11.6 Å². The van der Waals surface area contributed by atoms with Gasteiger partial charge in [0.05, 0.1) is 6.61 Å². The van der Waals surface area contributed by atoms with Crippen molar-refractivity contribution in [3.05, 3.63) is 29.3 Å². The number of esters is 1. The van der Waals surface area contributed by atoms with Gasteiger partial charge in [0, 0.05) is 10.7 Å². The van der Waals surface area contributed by atoms with E-state index in [0.717, 1.165) is 5.69 Å². The van der Waals surface area contributed by atoms with Gasteiger partial charge in [-0.3, -0.25) is 0 Å². The Morgan fingerprint density at radius 2 is 2.07 bits per heavy atom. The molecule has 0 aliphatic carbocycles. The highest BCUT2D eigenvalue weighted by molar-refractivity contribution is 6.30. The molecule has 4 heteroatoms. The SMILES string of the molecule is CCOC(=O)[C@H](C)Nc1ccc(Cl)cc1. The van der Waals surface area contributed by atoms with E-state index in [1.807, 2.05) is 12.1 Å². The van der Waals surface area contributed by atoms with Crippen molar-refractivity contribution in [3.8, 4) is 0 Å². The second kappa shape index (κ2) is 5.61. The zero-order valence-electron chi connectivity index (χ0n) is 8.79. The third-order valence-electron chi connectivity index (χ3n) is 1.87. The van der Waals surface area contributed by atoms with Crippen LogP contribution < -0.4 is 5.32 Å². The van der Waals surface area contributed by atoms with Gasteiger partial charge < -0.3 is 10.1 Å². The monoisotopic (exact) mass is 227 g/mol. The van der Waals surface area contributed by atoms with Crippen LogP contribution in [0.1, 0.15) is 13.8 Å². The Balaban J connectivity index is 2.54. The summed E-state index contributed by atoms with van der Waals surface area (Å²) in [7, 11) is 0. The maximum Gasteiger partial charge on any atom is 0.328 e. The Morgan fingerprint density at radius 3 is 2.60 bits per heavy atom. The summed E-state index contributed by atoms with van der Waals surface area (Å²) in [6.45, 7) is 3.94. The van der Waals surface area contributed by atoms with Crippen LogP contribution in [0.3, 0.4) is 0 Å². The van der Waals surface area contributed by atoms with Gasteiger partial charge in [0.25, 0.3) is 0 Å². The van der Waals surface area contributed by atoms with E-state index in [1.54, 1.807) is 26.0 Å². The standard InChI is InChI=1S/C11H14ClNO2/c1-3-15-11(14)8(2)13-10-6-4-9(12)5-7-10/h4-8,13H,3H2,1-2H3/t8-/m0/s1. The number of carbonyl (C=O) groups excluding carboxylic acids is 1. The van der Waals surface area contributed by atoms with E-state index in [4.69, 9.17) is 16.3 Å². The minimum atomic E-state index is -0.355. The minimum Gasteiger partial charge on any atom is -0.464 e. The maximum atomic E-state index is 11.3. The highest BCUT2D eigenvalue weighted by Gasteiger charge is 2.12. The molecule has 3 nitrogen and oxygen atoms in total. The fourth-order valence-corrected chi connectivity index (χ4v) is 1.25. The van der Waals surface area contributed by atoms with Crippen molar-refractivity contribution in [1.29, 1.82) is 0 Å². The van der Waals surface area contributed by atoms with Gasteiger partial charge in [0.15, 0.2) is 0 Å². The highest BCUT2D eigenvalue weighted by atomic mass is 35.5. The molecule has 0 aromatic heterocycles. The number of hydrogen-bond acceptors (Lipinski definition) is 3. The maximum absolute atomic E-state index is 11.3. The second-order valence-electron chi connectivity index (χ2n) is 3.12. The third kappa shape index (κ3) is 3.80. The summed E-state index contributed by atoms with van der Waals surface area (Å²) in [5.74, 6) is -0.257. The third-order valence-corrected chi connectivity index (χ3v) is 2.12.